The minimum Gasteiger partial charge on any atom is -0.496 e. The Bertz CT molecular complexity index is 384. The average molecular weight is 210 g/mol. The van der Waals surface area contributed by atoms with E-state index in [1.54, 1.807) is 19.9 Å². The first-order valence-corrected chi connectivity index (χ1v) is 4.54. The number of carboxylic acids is 1. The van der Waals surface area contributed by atoms with Crippen molar-refractivity contribution < 1.29 is 19.7 Å². The molecule has 1 atom stereocenters. The molecule has 1 unspecified atom stereocenters. The molecule has 4 nitrogen and oxygen atoms in total. The van der Waals surface area contributed by atoms with Crippen LogP contribution in [0.4, 0.5) is 0 Å². The summed E-state index contributed by atoms with van der Waals surface area (Å²) >= 11 is 0. The van der Waals surface area contributed by atoms with E-state index in [0.29, 0.717) is 16.9 Å². The van der Waals surface area contributed by atoms with Gasteiger partial charge in [-0.2, -0.15) is 0 Å². The molecule has 0 amide bonds. The van der Waals surface area contributed by atoms with Crippen molar-refractivity contribution in [2.75, 3.05) is 7.11 Å². The van der Waals surface area contributed by atoms with Crippen LogP contribution in [0.15, 0.2) is 12.1 Å². The second-order valence-corrected chi connectivity index (χ2v) is 3.39. The summed E-state index contributed by atoms with van der Waals surface area (Å²) in [7, 11) is 1.46. The molecule has 0 fully saturated rings. The molecule has 1 aromatic carbocycles. The molecule has 0 saturated heterocycles. The summed E-state index contributed by atoms with van der Waals surface area (Å²) in [5.41, 5.74) is 1.83. The summed E-state index contributed by atoms with van der Waals surface area (Å²) in [4.78, 5) is 10.7. The molecule has 1 aromatic rings. The van der Waals surface area contributed by atoms with E-state index >= 15 is 0 Å². The lowest BCUT2D eigenvalue weighted by atomic mass is 9.99. The molecule has 15 heavy (non-hydrogen) atoms. The molecule has 0 heterocycles. The molecule has 0 aliphatic heterocycles. The quantitative estimate of drug-likeness (QED) is 0.792. The van der Waals surface area contributed by atoms with Gasteiger partial charge < -0.3 is 14.9 Å². The highest BCUT2D eigenvalue weighted by molar-refractivity contribution is 5.76. The number of rotatable bonds is 3. The minimum absolute atomic E-state index is 0.324. The third kappa shape index (κ3) is 2.10. The lowest BCUT2D eigenvalue weighted by molar-refractivity contribution is -0.147. The number of hydrogen-bond donors (Lipinski definition) is 2. The normalized spacial score (nSPS) is 12.3. The fourth-order valence-corrected chi connectivity index (χ4v) is 1.54. The van der Waals surface area contributed by atoms with Crippen molar-refractivity contribution in [1.82, 2.24) is 0 Å². The van der Waals surface area contributed by atoms with Crippen molar-refractivity contribution in [3.63, 3.8) is 0 Å². The standard InChI is InChI=1S/C11H14O4/c1-6-4-5-7(2)10(15-3)8(6)9(12)11(13)14/h4-5,9,12H,1-3H3,(H,13,14). The van der Waals surface area contributed by atoms with E-state index in [4.69, 9.17) is 9.84 Å². The molecule has 4 heteroatoms. The molecule has 0 bridgehead atoms. The van der Waals surface area contributed by atoms with Crippen molar-refractivity contribution in [1.29, 1.82) is 0 Å². The van der Waals surface area contributed by atoms with E-state index in [1.165, 1.54) is 7.11 Å². The van der Waals surface area contributed by atoms with Crippen LogP contribution < -0.4 is 4.74 Å². The highest BCUT2D eigenvalue weighted by atomic mass is 16.5. The number of ether oxygens (including phenoxy) is 1. The summed E-state index contributed by atoms with van der Waals surface area (Å²) < 4.78 is 5.10. The Kier molecular flexibility index (Phi) is 3.31. The Morgan fingerprint density at radius 1 is 1.33 bits per heavy atom. The zero-order valence-corrected chi connectivity index (χ0v) is 8.94. The van der Waals surface area contributed by atoms with Crippen molar-refractivity contribution in [2.45, 2.75) is 20.0 Å². The Hall–Kier alpha value is -1.55. The predicted molar refractivity (Wildman–Crippen MR) is 55.1 cm³/mol. The first kappa shape index (κ1) is 11.5. The van der Waals surface area contributed by atoms with Crippen LogP contribution in [0.2, 0.25) is 0 Å². The lowest BCUT2D eigenvalue weighted by Gasteiger charge is -2.16. The van der Waals surface area contributed by atoms with Crippen LogP contribution in [0.25, 0.3) is 0 Å². The van der Waals surface area contributed by atoms with Gasteiger partial charge in [0.15, 0.2) is 6.10 Å². The number of aliphatic hydroxyl groups excluding tert-OH is 1. The summed E-state index contributed by atoms with van der Waals surface area (Å²) in [5, 5.41) is 18.3. The van der Waals surface area contributed by atoms with Gasteiger partial charge in [-0.05, 0) is 25.0 Å². The van der Waals surface area contributed by atoms with E-state index in [2.05, 4.69) is 0 Å². The highest BCUT2D eigenvalue weighted by Gasteiger charge is 2.23. The molecule has 0 aliphatic rings. The highest BCUT2D eigenvalue weighted by Crippen LogP contribution is 2.31. The molecular weight excluding hydrogens is 196 g/mol. The predicted octanol–water partition coefficient (Wildman–Crippen LogP) is 1.43. The van der Waals surface area contributed by atoms with Crippen LogP contribution in [-0.2, 0) is 4.79 Å². The Balaban J connectivity index is 3.37. The molecule has 0 aromatic heterocycles. The Morgan fingerprint density at radius 3 is 2.33 bits per heavy atom. The maximum atomic E-state index is 10.7. The van der Waals surface area contributed by atoms with E-state index in [0.717, 1.165) is 5.56 Å². The molecule has 0 radical (unpaired) electrons. The van der Waals surface area contributed by atoms with Gasteiger partial charge in [-0.25, -0.2) is 4.79 Å². The van der Waals surface area contributed by atoms with E-state index in [-0.39, 0.29) is 0 Å². The van der Waals surface area contributed by atoms with Crippen molar-refractivity contribution in [3.8, 4) is 5.75 Å². The maximum absolute atomic E-state index is 10.7. The summed E-state index contributed by atoms with van der Waals surface area (Å²) in [6.45, 7) is 3.54. The van der Waals surface area contributed by atoms with Crippen molar-refractivity contribution in [3.05, 3.63) is 28.8 Å². The van der Waals surface area contributed by atoms with Gasteiger partial charge >= 0.3 is 5.97 Å². The minimum atomic E-state index is -1.54. The number of aliphatic hydroxyl groups is 1. The number of carboxylic acid groups (broad SMARTS) is 1. The average Bonchev–Trinajstić information content (AvgIpc) is 2.19. The van der Waals surface area contributed by atoms with Gasteiger partial charge in [-0.1, -0.05) is 12.1 Å². The monoisotopic (exact) mass is 210 g/mol. The summed E-state index contributed by atoms with van der Waals surface area (Å²) in [6, 6.07) is 3.59. The largest absolute Gasteiger partial charge is 0.496 e. The van der Waals surface area contributed by atoms with Gasteiger partial charge in [0.05, 0.1) is 7.11 Å². The van der Waals surface area contributed by atoms with Crippen LogP contribution in [0, 0.1) is 13.8 Å². The second kappa shape index (κ2) is 4.31. The number of aryl methyl sites for hydroxylation is 2. The fourth-order valence-electron chi connectivity index (χ4n) is 1.54. The smallest absolute Gasteiger partial charge is 0.337 e. The second-order valence-electron chi connectivity index (χ2n) is 3.39. The summed E-state index contributed by atoms with van der Waals surface area (Å²) in [5.74, 6) is -0.841. The first-order valence-electron chi connectivity index (χ1n) is 4.54. The zero-order valence-electron chi connectivity index (χ0n) is 8.94. The van der Waals surface area contributed by atoms with Crippen LogP contribution in [0.1, 0.15) is 22.8 Å². The van der Waals surface area contributed by atoms with Crippen LogP contribution in [0.5, 0.6) is 5.75 Å². The third-order valence-electron chi connectivity index (χ3n) is 2.32. The van der Waals surface area contributed by atoms with E-state index in [1.807, 2.05) is 6.07 Å². The lowest BCUT2D eigenvalue weighted by Crippen LogP contribution is -2.13. The van der Waals surface area contributed by atoms with Crippen molar-refractivity contribution in [2.24, 2.45) is 0 Å². The van der Waals surface area contributed by atoms with Crippen molar-refractivity contribution >= 4 is 5.97 Å². The Labute approximate surface area is 88.1 Å². The molecule has 0 saturated carbocycles. The Morgan fingerprint density at radius 2 is 1.87 bits per heavy atom. The molecule has 1 rings (SSSR count). The molecule has 82 valence electrons. The van der Waals surface area contributed by atoms with E-state index < -0.39 is 12.1 Å². The van der Waals surface area contributed by atoms with Gasteiger partial charge in [-0.15, -0.1) is 0 Å². The van der Waals surface area contributed by atoms with Gasteiger partial charge in [0.2, 0.25) is 0 Å². The fraction of sp³-hybridized carbons (Fsp3) is 0.364. The van der Waals surface area contributed by atoms with Crippen LogP contribution >= 0.6 is 0 Å². The van der Waals surface area contributed by atoms with Crippen LogP contribution in [0.3, 0.4) is 0 Å². The van der Waals surface area contributed by atoms with Gasteiger partial charge in [0.1, 0.15) is 5.75 Å². The zero-order chi connectivity index (χ0) is 11.6. The SMILES string of the molecule is COc1c(C)ccc(C)c1C(O)C(=O)O. The van der Waals surface area contributed by atoms with E-state index in [9.17, 15) is 9.90 Å². The molecule has 2 N–H and O–H groups in total. The number of carbonyl (C=O) groups is 1. The first-order chi connectivity index (χ1) is 6.99. The number of hydrogen-bond acceptors (Lipinski definition) is 3. The maximum Gasteiger partial charge on any atom is 0.337 e. The number of benzene rings is 1. The van der Waals surface area contributed by atoms with Gasteiger partial charge in [0.25, 0.3) is 0 Å². The number of methoxy groups -OCH3 is 1. The topological polar surface area (TPSA) is 66.8 Å². The van der Waals surface area contributed by atoms with Gasteiger partial charge in [-0.3, -0.25) is 0 Å². The summed E-state index contributed by atoms with van der Waals surface area (Å²) in [6.07, 6.45) is -1.54. The van der Waals surface area contributed by atoms with Crippen LogP contribution in [-0.4, -0.2) is 23.3 Å². The molecule has 0 spiro atoms. The molecular formula is C11H14O4. The number of aliphatic carboxylic acids is 1. The molecule has 0 aliphatic carbocycles. The van der Waals surface area contributed by atoms with Gasteiger partial charge in [0, 0.05) is 5.56 Å². The third-order valence-corrected chi connectivity index (χ3v) is 2.32.